The zero-order valence-electron chi connectivity index (χ0n) is 13.4. The van der Waals surface area contributed by atoms with Crippen molar-refractivity contribution in [3.05, 3.63) is 64.7 Å². The number of aliphatic imine (C=N–C) groups is 1. The van der Waals surface area contributed by atoms with Crippen LogP contribution in [0.1, 0.15) is 29.3 Å². The van der Waals surface area contributed by atoms with Crippen molar-refractivity contribution in [1.29, 1.82) is 0 Å². The molecule has 5 nitrogen and oxygen atoms in total. The van der Waals surface area contributed by atoms with Crippen LogP contribution in [0.3, 0.4) is 0 Å². The number of carbonyl (C=O) groups is 1. The number of fused-ring (bicyclic) bond motifs is 1. The Labute approximate surface area is 139 Å². The van der Waals surface area contributed by atoms with E-state index in [0.29, 0.717) is 31.3 Å². The lowest BCUT2D eigenvalue weighted by atomic mass is 10.1. The molecule has 2 aromatic rings. The van der Waals surface area contributed by atoms with Crippen LogP contribution in [-0.2, 0) is 29.0 Å². The van der Waals surface area contributed by atoms with Crippen LogP contribution < -0.4 is 5.32 Å². The Hall–Kier alpha value is -2.76. The van der Waals surface area contributed by atoms with Crippen molar-refractivity contribution in [3.63, 3.8) is 0 Å². The fourth-order valence-corrected chi connectivity index (χ4v) is 2.50. The van der Waals surface area contributed by atoms with Crippen LogP contribution in [0.15, 0.2) is 41.5 Å². The number of carbonyl (C=O) groups excluding carboxylic acids is 1. The highest BCUT2D eigenvalue weighted by Crippen LogP contribution is 2.19. The number of hydrogen-bond acceptors (Lipinski definition) is 4. The van der Waals surface area contributed by atoms with Gasteiger partial charge in [-0.2, -0.15) is 0 Å². The Balaban J connectivity index is 1.56. The zero-order valence-corrected chi connectivity index (χ0v) is 13.4. The molecule has 0 saturated carbocycles. The van der Waals surface area contributed by atoms with Crippen LogP contribution in [-0.4, -0.2) is 23.4 Å². The molecule has 0 fully saturated rings. The van der Waals surface area contributed by atoms with E-state index in [2.05, 4.69) is 15.3 Å². The number of nitrogens with zero attached hydrogens (tertiary/aromatic N) is 2. The fraction of sp³-hybridized carbons (Fsp3) is 0.278. The Morgan fingerprint density at radius 1 is 1.33 bits per heavy atom. The largest absolute Gasteiger partial charge is 0.478 e. The second kappa shape index (κ2) is 7.21. The molecule has 0 saturated heterocycles. The molecule has 3 rings (SSSR count). The molecule has 0 bridgehead atoms. The van der Waals surface area contributed by atoms with Crippen molar-refractivity contribution in [2.45, 2.75) is 26.4 Å². The van der Waals surface area contributed by atoms with Gasteiger partial charge in [-0.15, -0.1) is 0 Å². The Bertz CT molecular complexity index is 772. The molecule has 1 aliphatic rings. The first kappa shape index (κ1) is 16.1. The number of ether oxygens (including phenoxy) is 1. The van der Waals surface area contributed by atoms with Crippen LogP contribution in [0.4, 0.5) is 4.39 Å². The van der Waals surface area contributed by atoms with Crippen LogP contribution in [0.25, 0.3) is 0 Å². The number of rotatable bonds is 5. The molecule has 1 N–H and O–H groups in total. The third-order valence-electron chi connectivity index (χ3n) is 3.70. The van der Waals surface area contributed by atoms with E-state index in [1.807, 2.05) is 13.0 Å². The summed E-state index contributed by atoms with van der Waals surface area (Å²) in [7, 11) is 0. The van der Waals surface area contributed by atoms with E-state index >= 15 is 0 Å². The van der Waals surface area contributed by atoms with E-state index in [0.717, 1.165) is 16.7 Å². The van der Waals surface area contributed by atoms with Crippen molar-refractivity contribution < 1.29 is 13.9 Å². The van der Waals surface area contributed by atoms with E-state index in [1.165, 1.54) is 12.1 Å². The normalized spacial score (nSPS) is 12.5. The number of hydrogen-bond donors (Lipinski definition) is 1. The molecule has 1 aliphatic heterocycles. The first-order chi connectivity index (χ1) is 11.7. The van der Waals surface area contributed by atoms with Gasteiger partial charge in [-0.1, -0.05) is 12.1 Å². The minimum absolute atomic E-state index is 0.129. The van der Waals surface area contributed by atoms with Gasteiger partial charge in [-0.05, 0) is 36.2 Å². The zero-order chi connectivity index (χ0) is 16.9. The summed E-state index contributed by atoms with van der Waals surface area (Å²) in [6.07, 6.45) is 1.90. The van der Waals surface area contributed by atoms with Gasteiger partial charge in [0.1, 0.15) is 5.82 Å². The van der Waals surface area contributed by atoms with E-state index in [4.69, 9.17) is 4.74 Å². The summed E-state index contributed by atoms with van der Waals surface area (Å²) >= 11 is 0. The minimum atomic E-state index is -0.291. The van der Waals surface area contributed by atoms with Crippen molar-refractivity contribution in [2.24, 2.45) is 4.99 Å². The Morgan fingerprint density at radius 3 is 2.88 bits per heavy atom. The molecule has 0 aliphatic carbocycles. The standard InChI is InChI=1S/C18H18FN3O2/c1-2-24-18-16-11-20-15(7-13(16)10-22-18)8-17(23)21-9-12-3-5-14(19)6-4-12/h3-7,11H,2,8-10H2,1H3,(H,21,23). The van der Waals surface area contributed by atoms with Gasteiger partial charge in [-0.25, -0.2) is 9.38 Å². The topological polar surface area (TPSA) is 63.6 Å². The first-order valence-electron chi connectivity index (χ1n) is 7.82. The molecule has 1 aromatic carbocycles. The second-order valence-electron chi connectivity index (χ2n) is 5.47. The molecule has 6 heteroatoms. The summed E-state index contributed by atoms with van der Waals surface area (Å²) < 4.78 is 18.3. The van der Waals surface area contributed by atoms with Crippen molar-refractivity contribution >= 4 is 11.8 Å². The molecule has 0 radical (unpaired) electrons. The van der Waals surface area contributed by atoms with Gasteiger partial charge in [0.2, 0.25) is 11.8 Å². The molecule has 0 spiro atoms. The van der Waals surface area contributed by atoms with Crippen molar-refractivity contribution in [3.8, 4) is 0 Å². The van der Waals surface area contributed by atoms with E-state index in [-0.39, 0.29) is 18.1 Å². The summed E-state index contributed by atoms with van der Waals surface area (Å²) in [5.41, 5.74) is 3.46. The number of nitrogens with one attached hydrogen (secondary N) is 1. The average molecular weight is 327 g/mol. The molecular weight excluding hydrogens is 309 g/mol. The Kier molecular flexibility index (Phi) is 4.84. The predicted octanol–water partition coefficient (Wildman–Crippen LogP) is 2.38. The molecule has 0 unspecified atom stereocenters. The van der Waals surface area contributed by atoms with Crippen LogP contribution >= 0.6 is 0 Å². The number of halogens is 1. The van der Waals surface area contributed by atoms with Gasteiger partial charge in [0.25, 0.3) is 0 Å². The summed E-state index contributed by atoms with van der Waals surface area (Å²) in [6.45, 7) is 3.39. The maximum absolute atomic E-state index is 12.8. The van der Waals surface area contributed by atoms with Gasteiger partial charge in [0.05, 0.1) is 30.8 Å². The van der Waals surface area contributed by atoms with Gasteiger partial charge in [0.15, 0.2) is 0 Å². The number of amides is 1. The lowest BCUT2D eigenvalue weighted by molar-refractivity contribution is -0.120. The molecule has 1 aromatic heterocycles. The first-order valence-corrected chi connectivity index (χ1v) is 7.82. The monoisotopic (exact) mass is 327 g/mol. The molecular formula is C18H18FN3O2. The summed E-state index contributed by atoms with van der Waals surface area (Å²) in [4.78, 5) is 20.7. The fourth-order valence-electron chi connectivity index (χ4n) is 2.50. The van der Waals surface area contributed by atoms with Gasteiger partial charge < -0.3 is 10.1 Å². The summed E-state index contributed by atoms with van der Waals surface area (Å²) in [5.74, 6) is 0.198. The van der Waals surface area contributed by atoms with Crippen molar-refractivity contribution in [2.75, 3.05) is 6.61 Å². The predicted molar refractivity (Wildman–Crippen MR) is 88.1 cm³/mol. The number of aromatic nitrogens is 1. The van der Waals surface area contributed by atoms with Crippen molar-refractivity contribution in [1.82, 2.24) is 10.3 Å². The highest BCUT2D eigenvalue weighted by Gasteiger charge is 2.18. The summed E-state index contributed by atoms with van der Waals surface area (Å²) in [6, 6.07) is 7.94. The average Bonchev–Trinajstić information content (AvgIpc) is 2.97. The van der Waals surface area contributed by atoms with E-state index < -0.39 is 0 Å². The third-order valence-corrected chi connectivity index (χ3v) is 3.70. The lowest BCUT2D eigenvalue weighted by Gasteiger charge is -2.07. The number of benzene rings is 1. The van der Waals surface area contributed by atoms with E-state index in [1.54, 1.807) is 18.3 Å². The molecule has 124 valence electrons. The Morgan fingerprint density at radius 2 is 2.12 bits per heavy atom. The highest BCUT2D eigenvalue weighted by molar-refractivity contribution is 5.97. The third kappa shape index (κ3) is 3.76. The smallest absolute Gasteiger partial charge is 0.226 e. The molecule has 0 atom stereocenters. The lowest BCUT2D eigenvalue weighted by Crippen LogP contribution is -2.25. The highest BCUT2D eigenvalue weighted by atomic mass is 19.1. The minimum Gasteiger partial charge on any atom is -0.478 e. The van der Waals surface area contributed by atoms with Gasteiger partial charge >= 0.3 is 0 Å². The van der Waals surface area contributed by atoms with E-state index in [9.17, 15) is 9.18 Å². The molecule has 24 heavy (non-hydrogen) atoms. The molecule has 1 amide bonds. The quantitative estimate of drug-likeness (QED) is 0.917. The summed E-state index contributed by atoms with van der Waals surface area (Å²) in [5, 5.41) is 2.81. The van der Waals surface area contributed by atoms with Crippen LogP contribution in [0.2, 0.25) is 0 Å². The number of pyridine rings is 1. The van der Waals surface area contributed by atoms with Gasteiger partial charge in [0, 0.05) is 12.7 Å². The second-order valence-corrected chi connectivity index (χ2v) is 5.47. The van der Waals surface area contributed by atoms with Crippen LogP contribution in [0.5, 0.6) is 0 Å². The maximum Gasteiger partial charge on any atom is 0.226 e. The van der Waals surface area contributed by atoms with Gasteiger partial charge in [-0.3, -0.25) is 9.78 Å². The maximum atomic E-state index is 12.8. The molecule has 2 heterocycles. The SMILES string of the molecule is CCOC1=NCc2cc(CC(=O)NCc3ccc(F)cc3)ncc21. The van der Waals surface area contributed by atoms with Crippen LogP contribution in [0, 0.1) is 5.82 Å².